The van der Waals surface area contributed by atoms with Gasteiger partial charge in [-0.15, -0.1) is 0 Å². The predicted molar refractivity (Wildman–Crippen MR) is 110 cm³/mol. The molecular weight excluding hydrogens is 336 g/mol. The Morgan fingerprint density at radius 3 is 2.37 bits per heavy atom. The molecule has 1 aliphatic rings. The van der Waals surface area contributed by atoms with E-state index in [1.165, 1.54) is 24.0 Å². The normalized spacial score (nSPS) is 16.1. The second kappa shape index (κ2) is 7.49. The summed E-state index contributed by atoms with van der Waals surface area (Å²) in [5, 5.41) is 0. The third-order valence-corrected chi connectivity index (χ3v) is 5.98. The number of hydrogen-bond acceptors (Lipinski definition) is 4. The molecule has 1 aromatic carbocycles. The van der Waals surface area contributed by atoms with E-state index in [1.54, 1.807) is 7.11 Å². The number of hydrogen-bond donors (Lipinski definition) is 0. The molecule has 2 aromatic rings. The van der Waals surface area contributed by atoms with Crippen LogP contribution in [0.2, 0.25) is 0 Å². The van der Waals surface area contributed by atoms with Gasteiger partial charge in [0.15, 0.2) is 5.82 Å². The molecule has 0 spiro atoms. The van der Waals surface area contributed by atoms with Gasteiger partial charge in [-0.3, -0.25) is 0 Å². The van der Waals surface area contributed by atoms with E-state index in [0.29, 0.717) is 24.2 Å². The Kier molecular flexibility index (Phi) is 5.45. The van der Waals surface area contributed by atoms with Crippen molar-refractivity contribution < 1.29 is 9.47 Å². The van der Waals surface area contributed by atoms with Gasteiger partial charge in [-0.1, -0.05) is 19.9 Å². The average molecular weight is 369 g/mol. The first-order valence-corrected chi connectivity index (χ1v) is 10.0. The summed E-state index contributed by atoms with van der Waals surface area (Å²) in [4.78, 5) is 9.79. The summed E-state index contributed by atoms with van der Waals surface area (Å²) >= 11 is 0. The maximum atomic E-state index is 5.94. The van der Waals surface area contributed by atoms with E-state index in [0.717, 1.165) is 29.0 Å². The highest BCUT2D eigenvalue weighted by atomic mass is 16.5. The molecule has 0 saturated heterocycles. The summed E-state index contributed by atoms with van der Waals surface area (Å²) in [7, 11) is 1.71. The number of benzene rings is 1. The zero-order chi connectivity index (χ0) is 19.8. The van der Waals surface area contributed by atoms with Crippen LogP contribution >= 0.6 is 0 Å². The third-order valence-electron chi connectivity index (χ3n) is 5.98. The third kappa shape index (κ3) is 3.54. The van der Waals surface area contributed by atoms with E-state index in [9.17, 15) is 0 Å². The Morgan fingerprint density at radius 1 is 1.11 bits per heavy atom. The van der Waals surface area contributed by atoms with Crippen molar-refractivity contribution in [2.24, 2.45) is 5.92 Å². The lowest BCUT2D eigenvalue weighted by Crippen LogP contribution is -2.27. The van der Waals surface area contributed by atoms with Crippen molar-refractivity contribution in [1.29, 1.82) is 0 Å². The zero-order valence-electron chi connectivity index (χ0n) is 17.8. The van der Waals surface area contributed by atoms with Gasteiger partial charge in [-0.05, 0) is 70.1 Å². The SMILES string of the molecule is CCOc1c(C)cc(C)cc1-c1nc(C)c(C(C)(CC)C2CC2)c(OC)n1. The van der Waals surface area contributed by atoms with Gasteiger partial charge >= 0.3 is 0 Å². The molecule has 0 bridgehead atoms. The topological polar surface area (TPSA) is 44.2 Å². The van der Waals surface area contributed by atoms with Crippen LogP contribution in [0, 0.1) is 26.7 Å². The van der Waals surface area contributed by atoms with Crippen molar-refractivity contribution in [1.82, 2.24) is 9.97 Å². The van der Waals surface area contributed by atoms with Gasteiger partial charge in [0.1, 0.15) is 5.75 Å². The molecule has 4 nitrogen and oxygen atoms in total. The van der Waals surface area contributed by atoms with Gasteiger partial charge in [0, 0.05) is 16.7 Å². The van der Waals surface area contributed by atoms with Gasteiger partial charge in [-0.25, -0.2) is 4.98 Å². The monoisotopic (exact) mass is 368 g/mol. The summed E-state index contributed by atoms with van der Waals surface area (Å²) in [6, 6.07) is 4.24. The molecular formula is C23H32N2O2. The predicted octanol–water partition coefficient (Wildman–Crippen LogP) is 5.55. The van der Waals surface area contributed by atoms with Crippen LogP contribution < -0.4 is 9.47 Å². The second-order valence-electron chi connectivity index (χ2n) is 7.95. The van der Waals surface area contributed by atoms with Crippen molar-refractivity contribution in [3.05, 3.63) is 34.5 Å². The van der Waals surface area contributed by atoms with E-state index in [2.05, 4.69) is 46.8 Å². The van der Waals surface area contributed by atoms with Crippen molar-refractivity contribution in [3.8, 4) is 23.0 Å². The molecule has 4 heteroatoms. The fraction of sp³-hybridized carbons (Fsp3) is 0.565. The number of nitrogens with zero attached hydrogens (tertiary/aromatic N) is 2. The van der Waals surface area contributed by atoms with E-state index in [-0.39, 0.29) is 5.41 Å². The van der Waals surface area contributed by atoms with E-state index >= 15 is 0 Å². The molecule has 1 unspecified atom stereocenters. The Hall–Kier alpha value is -2.10. The number of ether oxygens (including phenoxy) is 2. The molecule has 1 aliphatic carbocycles. The molecule has 0 N–H and O–H groups in total. The van der Waals surface area contributed by atoms with Crippen LogP contribution in [0.5, 0.6) is 11.6 Å². The van der Waals surface area contributed by atoms with E-state index in [4.69, 9.17) is 19.4 Å². The first-order valence-electron chi connectivity index (χ1n) is 10.0. The number of aryl methyl sites for hydroxylation is 3. The minimum atomic E-state index is 0.0687. The highest BCUT2D eigenvalue weighted by Gasteiger charge is 2.44. The molecule has 0 aliphatic heterocycles. The van der Waals surface area contributed by atoms with Gasteiger partial charge in [0.05, 0.1) is 19.3 Å². The molecule has 1 atom stereocenters. The summed E-state index contributed by atoms with van der Waals surface area (Å²) in [5.74, 6) is 2.94. The van der Waals surface area contributed by atoms with E-state index in [1.807, 2.05) is 6.92 Å². The van der Waals surface area contributed by atoms with Crippen LogP contribution in [0.15, 0.2) is 12.1 Å². The molecule has 1 heterocycles. The maximum absolute atomic E-state index is 5.94. The first-order chi connectivity index (χ1) is 12.8. The molecule has 0 amide bonds. The van der Waals surface area contributed by atoms with Crippen LogP contribution in [-0.2, 0) is 5.41 Å². The van der Waals surface area contributed by atoms with Gasteiger partial charge < -0.3 is 9.47 Å². The van der Waals surface area contributed by atoms with Gasteiger partial charge in [0.25, 0.3) is 0 Å². The standard InChI is InChI=1S/C23H32N2O2/c1-8-23(6,17-10-11-17)19-16(5)24-21(25-22(19)26-7)18-13-14(3)12-15(4)20(18)27-9-2/h12-13,17H,8-11H2,1-7H3. The van der Waals surface area contributed by atoms with Crippen LogP contribution in [0.3, 0.4) is 0 Å². The Morgan fingerprint density at radius 2 is 1.81 bits per heavy atom. The zero-order valence-corrected chi connectivity index (χ0v) is 17.8. The molecule has 3 rings (SSSR count). The molecule has 1 fully saturated rings. The molecule has 146 valence electrons. The van der Waals surface area contributed by atoms with Crippen molar-refractivity contribution in [2.45, 2.75) is 66.2 Å². The number of aromatic nitrogens is 2. The Balaban J connectivity index is 2.19. The minimum absolute atomic E-state index is 0.0687. The number of methoxy groups -OCH3 is 1. The summed E-state index contributed by atoms with van der Waals surface area (Å²) < 4.78 is 11.7. The lowest BCUT2D eigenvalue weighted by Gasteiger charge is -2.31. The summed E-state index contributed by atoms with van der Waals surface area (Å²) in [6.07, 6.45) is 3.62. The maximum Gasteiger partial charge on any atom is 0.220 e. The van der Waals surface area contributed by atoms with Crippen molar-refractivity contribution >= 4 is 0 Å². The highest BCUT2D eigenvalue weighted by Crippen LogP contribution is 2.52. The van der Waals surface area contributed by atoms with Gasteiger partial charge in [0.2, 0.25) is 5.88 Å². The summed E-state index contributed by atoms with van der Waals surface area (Å²) in [6.45, 7) is 13.4. The van der Waals surface area contributed by atoms with Gasteiger partial charge in [-0.2, -0.15) is 4.98 Å². The highest BCUT2D eigenvalue weighted by molar-refractivity contribution is 5.68. The molecule has 0 radical (unpaired) electrons. The van der Waals surface area contributed by atoms with Crippen LogP contribution in [-0.4, -0.2) is 23.7 Å². The Bertz CT molecular complexity index is 843. The largest absolute Gasteiger partial charge is 0.493 e. The van der Waals surface area contributed by atoms with Crippen LogP contribution in [0.1, 0.15) is 62.4 Å². The first kappa shape index (κ1) is 19.7. The quantitative estimate of drug-likeness (QED) is 0.642. The van der Waals surface area contributed by atoms with Crippen molar-refractivity contribution in [2.75, 3.05) is 13.7 Å². The molecule has 27 heavy (non-hydrogen) atoms. The average Bonchev–Trinajstić information content (AvgIpc) is 3.48. The fourth-order valence-electron chi connectivity index (χ4n) is 4.32. The summed E-state index contributed by atoms with van der Waals surface area (Å²) in [5.41, 5.74) is 5.46. The second-order valence-corrected chi connectivity index (χ2v) is 7.95. The fourth-order valence-corrected chi connectivity index (χ4v) is 4.32. The Labute approximate surface area is 163 Å². The molecule has 1 aromatic heterocycles. The minimum Gasteiger partial charge on any atom is -0.493 e. The van der Waals surface area contributed by atoms with E-state index < -0.39 is 0 Å². The lowest BCUT2D eigenvalue weighted by atomic mass is 9.75. The van der Waals surface area contributed by atoms with Crippen molar-refractivity contribution in [3.63, 3.8) is 0 Å². The van der Waals surface area contributed by atoms with Crippen LogP contribution in [0.25, 0.3) is 11.4 Å². The number of rotatable bonds is 7. The molecule has 1 saturated carbocycles. The smallest absolute Gasteiger partial charge is 0.220 e. The lowest BCUT2D eigenvalue weighted by molar-refractivity contribution is 0.336. The van der Waals surface area contributed by atoms with Crippen LogP contribution in [0.4, 0.5) is 0 Å².